The molecular formula is C29H42N2O2. The molecule has 33 heavy (non-hydrogen) atoms. The fraction of sp³-hybridized carbons (Fsp3) is 0.517. The van der Waals surface area contributed by atoms with Crippen LogP contribution < -0.4 is 0 Å². The number of benzene rings is 1. The summed E-state index contributed by atoms with van der Waals surface area (Å²) in [4.78, 5) is 8.62. The van der Waals surface area contributed by atoms with E-state index >= 15 is 0 Å². The van der Waals surface area contributed by atoms with Gasteiger partial charge in [-0.25, -0.2) is 0 Å². The van der Waals surface area contributed by atoms with Gasteiger partial charge >= 0.3 is 0 Å². The molecule has 1 aromatic carbocycles. The summed E-state index contributed by atoms with van der Waals surface area (Å²) in [6.07, 6.45) is 8.61. The maximum Gasteiger partial charge on any atom is 0.123 e. The molecular weight excluding hydrogens is 408 g/mol. The average molecular weight is 451 g/mol. The number of allylic oxidation sites excluding steroid dienone is 3. The molecule has 0 fully saturated rings. The van der Waals surface area contributed by atoms with Crippen LogP contribution in [0.5, 0.6) is 11.5 Å². The third-order valence-corrected chi connectivity index (χ3v) is 6.70. The number of nitrogens with zero attached hydrogens (tertiary/aromatic N) is 2. The Bertz CT molecular complexity index is 934. The van der Waals surface area contributed by atoms with Crippen molar-refractivity contribution in [2.75, 3.05) is 0 Å². The fourth-order valence-corrected chi connectivity index (χ4v) is 4.48. The van der Waals surface area contributed by atoms with Gasteiger partial charge in [0.25, 0.3) is 0 Å². The van der Waals surface area contributed by atoms with Gasteiger partial charge in [0, 0.05) is 11.5 Å². The maximum absolute atomic E-state index is 10.5. The van der Waals surface area contributed by atoms with Gasteiger partial charge in [0.05, 0.1) is 22.8 Å². The topological polar surface area (TPSA) is 66.2 Å². The number of rotatable bonds is 6. The Balaban J connectivity index is 0.000000321. The first-order valence-electron chi connectivity index (χ1n) is 12.2. The molecule has 1 aliphatic carbocycles. The van der Waals surface area contributed by atoms with Crippen molar-refractivity contribution < 1.29 is 10.2 Å². The van der Waals surface area contributed by atoms with Crippen molar-refractivity contribution in [3.05, 3.63) is 69.8 Å². The van der Waals surface area contributed by atoms with Crippen LogP contribution in [0.25, 0.3) is 0 Å². The van der Waals surface area contributed by atoms with Crippen molar-refractivity contribution >= 4 is 0 Å². The van der Waals surface area contributed by atoms with Gasteiger partial charge in [-0.3, -0.25) is 9.97 Å². The van der Waals surface area contributed by atoms with Gasteiger partial charge in [-0.1, -0.05) is 43.6 Å². The lowest BCUT2D eigenvalue weighted by Crippen LogP contribution is -2.17. The Morgan fingerprint density at radius 3 is 1.91 bits per heavy atom. The molecule has 2 aromatic rings. The zero-order valence-corrected chi connectivity index (χ0v) is 21.6. The molecule has 1 heterocycles. The van der Waals surface area contributed by atoms with Crippen LogP contribution in [0.2, 0.25) is 0 Å². The van der Waals surface area contributed by atoms with Crippen LogP contribution >= 0.6 is 0 Å². The van der Waals surface area contributed by atoms with E-state index in [9.17, 15) is 10.2 Å². The molecule has 2 atom stereocenters. The molecule has 0 amide bonds. The first kappa shape index (κ1) is 26.6. The second-order valence-corrected chi connectivity index (χ2v) is 9.60. The second-order valence-electron chi connectivity index (χ2n) is 9.60. The molecule has 1 aliphatic rings. The molecule has 0 aliphatic heterocycles. The third-order valence-electron chi connectivity index (χ3n) is 6.70. The molecule has 3 rings (SSSR count). The van der Waals surface area contributed by atoms with E-state index < -0.39 is 0 Å². The van der Waals surface area contributed by atoms with Crippen LogP contribution in [0.15, 0.2) is 35.9 Å². The van der Waals surface area contributed by atoms with Gasteiger partial charge in [0.15, 0.2) is 0 Å². The predicted molar refractivity (Wildman–Crippen MR) is 138 cm³/mol. The summed E-state index contributed by atoms with van der Waals surface area (Å²) in [5.74, 6) is 0.741. The van der Waals surface area contributed by atoms with E-state index in [2.05, 4.69) is 36.5 Å². The Morgan fingerprint density at radius 2 is 1.45 bits per heavy atom. The third kappa shape index (κ3) is 7.18. The Labute approximate surface area is 200 Å². The molecule has 2 N–H and O–H groups in total. The summed E-state index contributed by atoms with van der Waals surface area (Å²) in [6.45, 7) is 18.4. The van der Waals surface area contributed by atoms with Crippen LogP contribution in [0, 0.1) is 33.6 Å². The lowest BCUT2D eigenvalue weighted by molar-refractivity contribution is 0.406. The van der Waals surface area contributed by atoms with E-state index in [0.29, 0.717) is 5.56 Å². The highest BCUT2D eigenvalue weighted by Gasteiger charge is 2.30. The summed E-state index contributed by atoms with van der Waals surface area (Å²) in [7, 11) is 0. The fourth-order valence-electron chi connectivity index (χ4n) is 4.48. The maximum atomic E-state index is 10.5. The van der Waals surface area contributed by atoms with Gasteiger partial charge in [-0.05, 0) is 90.8 Å². The van der Waals surface area contributed by atoms with Crippen molar-refractivity contribution in [1.29, 1.82) is 0 Å². The van der Waals surface area contributed by atoms with Crippen LogP contribution in [0.1, 0.15) is 92.7 Å². The van der Waals surface area contributed by atoms with Gasteiger partial charge < -0.3 is 10.2 Å². The summed E-state index contributed by atoms with van der Waals surface area (Å²) < 4.78 is 0. The van der Waals surface area contributed by atoms with E-state index in [0.717, 1.165) is 59.6 Å². The van der Waals surface area contributed by atoms with Crippen molar-refractivity contribution in [3.8, 4) is 11.5 Å². The number of aryl methyl sites for hydroxylation is 5. The standard InChI is InChI=1S/C21H30O2.C8H12N2/c1-5-6-7-8-16-12-19(22)21(20(23)13-16)18-11-15(4)9-10-17(18)14(2)3;1-5-6(2)10-8(4)7(3)9-5/h11-13,17-18,22-23H,2,5-10H2,1,3-4H3;1-4H3/t17-,18+;/m0./s1. The molecule has 4 heteroatoms. The van der Waals surface area contributed by atoms with Crippen molar-refractivity contribution in [2.24, 2.45) is 5.92 Å². The van der Waals surface area contributed by atoms with E-state index in [4.69, 9.17) is 0 Å². The van der Waals surface area contributed by atoms with Crippen LogP contribution in [-0.2, 0) is 6.42 Å². The summed E-state index contributed by atoms with van der Waals surface area (Å²) in [6, 6.07) is 3.66. The molecule has 0 unspecified atom stereocenters. The molecule has 0 spiro atoms. The summed E-state index contributed by atoms with van der Waals surface area (Å²) in [5.41, 5.74) is 8.23. The number of unbranched alkanes of at least 4 members (excludes halogenated alkanes) is 2. The smallest absolute Gasteiger partial charge is 0.123 e. The van der Waals surface area contributed by atoms with E-state index in [1.165, 1.54) is 18.4 Å². The molecule has 0 saturated carbocycles. The molecule has 0 bridgehead atoms. The highest BCUT2D eigenvalue weighted by Crippen LogP contribution is 2.46. The Morgan fingerprint density at radius 1 is 0.939 bits per heavy atom. The van der Waals surface area contributed by atoms with Gasteiger partial charge in [0.1, 0.15) is 11.5 Å². The van der Waals surface area contributed by atoms with Crippen molar-refractivity contribution in [3.63, 3.8) is 0 Å². The molecule has 180 valence electrons. The number of aromatic nitrogens is 2. The number of phenols is 2. The lowest BCUT2D eigenvalue weighted by Gasteiger charge is -2.31. The van der Waals surface area contributed by atoms with Crippen LogP contribution in [-0.4, -0.2) is 20.2 Å². The average Bonchev–Trinajstić information content (AvgIpc) is 2.72. The normalized spacial score (nSPS) is 17.7. The predicted octanol–water partition coefficient (Wildman–Crippen LogP) is 7.56. The zero-order valence-electron chi connectivity index (χ0n) is 21.6. The minimum Gasteiger partial charge on any atom is -0.507 e. The highest BCUT2D eigenvalue weighted by atomic mass is 16.3. The number of aromatic hydroxyl groups is 2. The summed E-state index contributed by atoms with van der Waals surface area (Å²) in [5, 5.41) is 21.1. The van der Waals surface area contributed by atoms with Crippen molar-refractivity contribution in [1.82, 2.24) is 9.97 Å². The van der Waals surface area contributed by atoms with E-state index in [1.54, 1.807) is 0 Å². The summed E-state index contributed by atoms with van der Waals surface area (Å²) >= 11 is 0. The number of phenolic OH excluding ortho intramolecular Hbond substituents is 2. The quantitative estimate of drug-likeness (QED) is 0.352. The Kier molecular flexibility index (Phi) is 9.70. The number of hydrogen-bond acceptors (Lipinski definition) is 4. The minimum atomic E-state index is 0.0194. The monoisotopic (exact) mass is 450 g/mol. The number of hydrogen-bond donors (Lipinski definition) is 2. The SMILES string of the molecule is C=C(C)[C@@H]1CCC(C)=C[C@H]1c1c(O)cc(CCCCC)cc1O.Cc1nc(C)c(C)nc1C. The van der Waals surface area contributed by atoms with Crippen LogP contribution in [0.3, 0.4) is 0 Å². The van der Waals surface area contributed by atoms with Crippen LogP contribution in [0.4, 0.5) is 0 Å². The van der Waals surface area contributed by atoms with Gasteiger partial charge in [0.2, 0.25) is 0 Å². The van der Waals surface area contributed by atoms with Gasteiger partial charge in [-0.15, -0.1) is 0 Å². The second kappa shape index (κ2) is 12.0. The molecule has 1 aromatic heterocycles. The molecule has 0 saturated heterocycles. The largest absolute Gasteiger partial charge is 0.507 e. The highest BCUT2D eigenvalue weighted by molar-refractivity contribution is 5.51. The molecule has 4 nitrogen and oxygen atoms in total. The first-order valence-corrected chi connectivity index (χ1v) is 12.2. The van der Waals surface area contributed by atoms with Gasteiger partial charge in [-0.2, -0.15) is 0 Å². The van der Waals surface area contributed by atoms with E-state index in [-0.39, 0.29) is 23.3 Å². The molecule has 0 radical (unpaired) electrons. The Hall–Kier alpha value is -2.62. The first-order chi connectivity index (χ1) is 15.5. The zero-order chi connectivity index (χ0) is 24.7. The minimum absolute atomic E-state index is 0.0194. The van der Waals surface area contributed by atoms with Crippen molar-refractivity contribution in [2.45, 2.75) is 92.9 Å². The lowest BCUT2D eigenvalue weighted by atomic mass is 9.73. The van der Waals surface area contributed by atoms with E-state index in [1.807, 2.05) is 46.8 Å².